The molecule has 0 aliphatic rings. The van der Waals surface area contributed by atoms with Gasteiger partial charge in [-0.15, -0.1) is 0 Å². The highest BCUT2D eigenvalue weighted by molar-refractivity contribution is 7.17. The topological polar surface area (TPSA) is 21.1 Å². The fraction of sp³-hybridized carbons (Fsp3) is 0.0800. The van der Waals surface area contributed by atoms with Gasteiger partial charge < -0.3 is 4.90 Å². The van der Waals surface area contributed by atoms with Crippen molar-refractivity contribution >= 4 is 32.2 Å². The number of anilines is 2. The van der Waals surface area contributed by atoms with E-state index < -0.39 is 5.66 Å². The largest absolute Gasteiger partial charge is 0.317 e. The normalized spacial score (nSPS) is 11.4. The molecule has 0 amide bonds. The molecule has 0 radical (unpaired) electrons. The highest BCUT2D eigenvalue weighted by atomic mass is 35.5. The lowest BCUT2D eigenvalue weighted by Crippen LogP contribution is -2.10. The van der Waals surface area contributed by atoms with Gasteiger partial charge in [0.25, 0.3) is 5.66 Å². The number of rotatable bonds is 6. The van der Waals surface area contributed by atoms with Gasteiger partial charge >= 0.3 is 0 Å². The maximum atomic E-state index is 13.6. The molecule has 4 aromatic rings. The number of alkyl halides is 2. The first kappa shape index (κ1) is 22.2. The molecule has 7 heteroatoms. The van der Waals surface area contributed by atoms with E-state index in [9.17, 15) is 8.78 Å². The third-order valence-electron chi connectivity index (χ3n) is 5.19. The van der Waals surface area contributed by atoms with Crippen LogP contribution in [0.1, 0.15) is 11.1 Å². The van der Waals surface area contributed by atoms with E-state index in [1.807, 2.05) is 65.0 Å². The number of hydrogen-bond acceptors (Lipinski definition) is 2. The molecule has 1 heterocycles. The zero-order chi connectivity index (χ0) is 22.9. The minimum Gasteiger partial charge on any atom is -0.317 e. The van der Waals surface area contributed by atoms with Gasteiger partial charge in [0.2, 0.25) is 0 Å². The molecule has 0 saturated heterocycles. The summed E-state index contributed by atoms with van der Waals surface area (Å²) in [4.78, 5) is 1.88. The summed E-state index contributed by atoms with van der Waals surface area (Å²) < 4.78 is 29.0. The second-order valence-electron chi connectivity index (χ2n) is 7.33. The first-order chi connectivity index (χ1) is 15.3. The Kier molecular flexibility index (Phi) is 6.14. The quantitative estimate of drug-likeness (QED) is 0.271. The Morgan fingerprint density at radius 3 is 2.34 bits per heavy atom. The van der Waals surface area contributed by atoms with Crippen LogP contribution in [-0.2, 0) is 5.66 Å². The molecule has 0 fully saturated rings. The van der Waals surface area contributed by atoms with Crippen LogP contribution in [-0.4, -0.2) is 9.78 Å². The number of aryl methyl sites for hydroxylation is 1. The Morgan fingerprint density at radius 2 is 1.72 bits per heavy atom. The molecule has 162 valence electrons. The van der Waals surface area contributed by atoms with Crippen molar-refractivity contribution in [3.8, 4) is 16.9 Å². The van der Waals surface area contributed by atoms with Crippen molar-refractivity contribution < 1.29 is 8.78 Å². The Hall–Kier alpha value is -3.01. The van der Waals surface area contributed by atoms with E-state index in [0.29, 0.717) is 5.02 Å². The van der Waals surface area contributed by atoms with Gasteiger partial charge in [-0.25, -0.2) is 4.68 Å². The Morgan fingerprint density at radius 1 is 1.03 bits per heavy atom. The molecule has 0 saturated carbocycles. The minimum absolute atomic E-state index is 0.0624. The zero-order valence-corrected chi connectivity index (χ0v) is 19.3. The van der Waals surface area contributed by atoms with Gasteiger partial charge in [-0.1, -0.05) is 51.7 Å². The first-order valence-electron chi connectivity index (χ1n) is 9.88. The molecule has 0 bridgehead atoms. The highest BCUT2D eigenvalue weighted by Gasteiger charge is 2.24. The van der Waals surface area contributed by atoms with Gasteiger partial charge in [-0.3, -0.25) is 0 Å². The summed E-state index contributed by atoms with van der Waals surface area (Å²) in [7, 11) is 1.56. The van der Waals surface area contributed by atoms with E-state index in [0.717, 1.165) is 33.9 Å². The smallest absolute Gasteiger partial charge is 0.283 e. The van der Waals surface area contributed by atoms with Crippen molar-refractivity contribution in [1.29, 1.82) is 0 Å². The summed E-state index contributed by atoms with van der Waals surface area (Å²) in [5.74, 6) is 0. The number of benzene rings is 3. The Balaban J connectivity index is 1.74. The molecule has 0 aliphatic carbocycles. The summed E-state index contributed by atoms with van der Waals surface area (Å²) >= 11 is 6.02. The lowest BCUT2D eigenvalue weighted by Gasteiger charge is -2.24. The summed E-state index contributed by atoms with van der Waals surface area (Å²) in [6, 6.07) is 21.7. The number of aromatic nitrogens is 2. The molecule has 1 atom stereocenters. The Labute approximate surface area is 193 Å². The van der Waals surface area contributed by atoms with E-state index in [2.05, 4.69) is 11.7 Å². The average Bonchev–Trinajstić information content (AvgIpc) is 3.26. The summed E-state index contributed by atoms with van der Waals surface area (Å²) in [6.07, 6.45) is 3.42. The van der Waals surface area contributed by atoms with E-state index in [4.69, 9.17) is 11.6 Å². The molecule has 3 aromatic carbocycles. The van der Waals surface area contributed by atoms with Crippen LogP contribution in [0.2, 0.25) is 5.02 Å². The third-order valence-corrected chi connectivity index (χ3v) is 5.78. The average molecular weight is 468 g/mol. The summed E-state index contributed by atoms with van der Waals surface area (Å²) in [5, 5.41) is 5.13. The van der Waals surface area contributed by atoms with Crippen LogP contribution >= 0.6 is 20.8 Å². The molecule has 1 unspecified atom stereocenters. The molecule has 4 rings (SSSR count). The standard InChI is InChI=1S/C25H21ClF2N3P/c1-3-30(21-10-6-19(7-11-21)25(27,28)32)24-16-18(5-4-17(24)2)23-14-15-29-31(23)22-12-8-20(26)9-13-22/h3-16H,1,32H2,2H3. The second-order valence-corrected chi connectivity index (χ2v) is 8.49. The predicted molar refractivity (Wildman–Crippen MR) is 131 cm³/mol. The predicted octanol–water partition coefficient (Wildman–Crippen LogP) is 7.71. The van der Waals surface area contributed by atoms with Crippen molar-refractivity contribution in [2.75, 3.05) is 4.90 Å². The van der Waals surface area contributed by atoms with Crippen LogP contribution in [0.5, 0.6) is 0 Å². The monoisotopic (exact) mass is 467 g/mol. The van der Waals surface area contributed by atoms with Crippen LogP contribution in [0, 0.1) is 6.92 Å². The maximum Gasteiger partial charge on any atom is 0.283 e. The van der Waals surface area contributed by atoms with Gasteiger partial charge in [0, 0.05) is 33.7 Å². The van der Waals surface area contributed by atoms with E-state index in [-0.39, 0.29) is 5.56 Å². The molecule has 0 N–H and O–H groups in total. The van der Waals surface area contributed by atoms with Crippen molar-refractivity contribution in [3.05, 3.63) is 108 Å². The van der Waals surface area contributed by atoms with E-state index in [1.54, 1.807) is 33.8 Å². The van der Waals surface area contributed by atoms with Crippen LogP contribution < -0.4 is 4.90 Å². The molecular weight excluding hydrogens is 447 g/mol. The van der Waals surface area contributed by atoms with E-state index >= 15 is 0 Å². The lowest BCUT2D eigenvalue weighted by atomic mass is 10.1. The van der Waals surface area contributed by atoms with Crippen molar-refractivity contribution in [2.45, 2.75) is 12.6 Å². The third kappa shape index (κ3) is 4.45. The fourth-order valence-corrected chi connectivity index (χ4v) is 3.84. The van der Waals surface area contributed by atoms with Crippen LogP contribution in [0.4, 0.5) is 20.2 Å². The van der Waals surface area contributed by atoms with Gasteiger partial charge in [0.05, 0.1) is 17.6 Å². The SMILES string of the molecule is C=CN(c1ccc(C(F)(F)P)cc1)c1cc(-c2ccnn2-c2ccc(Cl)cc2)ccc1C. The highest BCUT2D eigenvalue weighted by Crippen LogP contribution is 2.38. The molecule has 0 aliphatic heterocycles. The number of nitrogens with zero attached hydrogens (tertiary/aromatic N) is 3. The van der Waals surface area contributed by atoms with Crippen LogP contribution in [0.15, 0.2) is 91.8 Å². The van der Waals surface area contributed by atoms with E-state index in [1.165, 1.54) is 12.1 Å². The van der Waals surface area contributed by atoms with Gasteiger partial charge in [-0.2, -0.15) is 13.9 Å². The number of halogens is 3. The van der Waals surface area contributed by atoms with Crippen LogP contribution in [0.25, 0.3) is 16.9 Å². The Bertz CT molecular complexity index is 1250. The van der Waals surface area contributed by atoms with Gasteiger partial charge in [0.15, 0.2) is 0 Å². The molecule has 1 aromatic heterocycles. The minimum atomic E-state index is -2.96. The summed E-state index contributed by atoms with van der Waals surface area (Å²) in [6.45, 7) is 5.93. The molecule has 0 spiro atoms. The van der Waals surface area contributed by atoms with Gasteiger partial charge in [0.1, 0.15) is 0 Å². The lowest BCUT2D eigenvalue weighted by molar-refractivity contribution is 0.104. The van der Waals surface area contributed by atoms with Crippen LogP contribution in [0.3, 0.4) is 0 Å². The van der Waals surface area contributed by atoms with Crippen molar-refractivity contribution in [3.63, 3.8) is 0 Å². The van der Waals surface area contributed by atoms with Gasteiger partial charge in [-0.05, 0) is 61.0 Å². The fourth-order valence-electron chi connectivity index (χ4n) is 3.53. The zero-order valence-electron chi connectivity index (χ0n) is 17.3. The molecular formula is C25H21ClF2N3P. The molecule has 32 heavy (non-hydrogen) atoms. The van der Waals surface area contributed by atoms with Crippen molar-refractivity contribution in [2.24, 2.45) is 0 Å². The maximum absolute atomic E-state index is 13.6. The molecule has 3 nitrogen and oxygen atoms in total. The summed E-state index contributed by atoms with van der Waals surface area (Å²) in [5.41, 5.74) is 2.39. The first-order valence-corrected chi connectivity index (χ1v) is 10.8. The number of hydrogen-bond donors (Lipinski definition) is 0. The second kappa shape index (κ2) is 8.85. The van der Waals surface area contributed by atoms with Crippen molar-refractivity contribution in [1.82, 2.24) is 9.78 Å².